The van der Waals surface area contributed by atoms with E-state index in [4.69, 9.17) is 0 Å². The lowest BCUT2D eigenvalue weighted by molar-refractivity contribution is 0.728. The fraction of sp³-hybridized carbons (Fsp3) is 0.600. The number of nitrogens with one attached hydrogen (secondary N) is 1. The van der Waals surface area contributed by atoms with Gasteiger partial charge in [0.1, 0.15) is 0 Å². The summed E-state index contributed by atoms with van der Waals surface area (Å²) < 4.78 is 0. The first-order valence-electron chi connectivity index (χ1n) is 2.38. The van der Waals surface area contributed by atoms with Crippen molar-refractivity contribution in [2.24, 2.45) is 0 Å². The summed E-state index contributed by atoms with van der Waals surface area (Å²) in [4.78, 5) is 0. The van der Waals surface area contributed by atoms with E-state index in [1.807, 2.05) is 6.20 Å². The summed E-state index contributed by atoms with van der Waals surface area (Å²) >= 11 is 0. The van der Waals surface area contributed by atoms with E-state index in [1.54, 1.807) is 0 Å². The summed E-state index contributed by atoms with van der Waals surface area (Å²) in [5, 5.41) is 3.10. The number of hydrogen-bond acceptors (Lipinski definition) is 2. The van der Waals surface area contributed by atoms with E-state index in [1.165, 1.54) is 12.8 Å². The van der Waals surface area contributed by atoms with Gasteiger partial charge in [0.25, 0.3) is 0 Å². The van der Waals surface area contributed by atoms with Gasteiger partial charge in [-0.05, 0) is 19.0 Å². The molecule has 0 unspecified atom stereocenters. The third-order valence-electron chi connectivity index (χ3n) is 0.928. The first-order chi connectivity index (χ1) is 3.00. The van der Waals surface area contributed by atoms with Crippen molar-refractivity contribution in [3.05, 3.63) is 12.3 Å². The zero-order valence-electron chi connectivity index (χ0n) is 4.48. The van der Waals surface area contributed by atoms with Gasteiger partial charge in [-0.2, -0.15) is 0 Å². The van der Waals surface area contributed by atoms with Crippen LogP contribution in [0, 0.1) is 0 Å². The van der Waals surface area contributed by atoms with Gasteiger partial charge < -0.3 is 11.5 Å². The third-order valence-corrected chi connectivity index (χ3v) is 0.928. The van der Waals surface area contributed by atoms with Crippen LogP contribution >= 0.6 is 0 Å². The largest absolute Gasteiger partial charge is 0.391 e. The highest BCUT2D eigenvalue weighted by Gasteiger charge is 1.84. The van der Waals surface area contributed by atoms with Crippen LogP contribution in [0.3, 0.4) is 0 Å². The number of rotatable bonds is 0. The van der Waals surface area contributed by atoms with Gasteiger partial charge in [-0.3, -0.25) is 0 Å². The Kier molecular flexibility index (Phi) is 3.42. The Balaban J connectivity index is 0.000000360. The Labute approximate surface area is 44.2 Å². The van der Waals surface area contributed by atoms with Gasteiger partial charge in [-0.15, -0.1) is 0 Å². The van der Waals surface area contributed by atoms with Gasteiger partial charge in [0, 0.05) is 6.54 Å². The van der Waals surface area contributed by atoms with E-state index < -0.39 is 0 Å². The maximum atomic E-state index is 3.10. The van der Waals surface area contributed by atoms with Crippen LogP contribution in [-0.2, 0) is 0 Å². The Morgan fingerprint density at radius 1 is 1.43 bits per heavy atom. The Bertz CT molecular complexity index is 51.1. The third kappa shape index (κ3) is 2.23. The van der Waals surface area contributed by atoms with Crippen LogP contribution in [0.1, 0.15) is 12.8 Å². The molecule has 0 bridgehead atoms. The summed E-state index contributed by atoms with van der Waals surface area (Å²) in [7, 11) is 0. The van der Waals surface area contributed by atoms with E-state index in [9.17, 15) is 0 Å². The fourth-order valence-electron chi connectivity index (χ4n) is 0.572. The first-order valence-corrected chi connectivity index (χ1v) is 2.38. The van der Waals surface area contributed by atoms with Crippen LogP contribution in [0.15, 0.2) is 12.3 Å². The molecule has 0 amide bonds. The minimum absolute atomic E-state index is 0. The van der Waals surface area contributed by atoms with Crippen LogP contribution in [0.25, 0.3) is 0 Å². The van der Waals surface area contributed by atoms with Gasteiger partial charge in [-0.1, -0.05) is 6.08 Å². The highest BCUT2D eigenvalue weighted by Crippen LogP contribution is 1.91. The van der Waals surface area contributed by atoms with Gasteiger partial charge in [-0.25, -0.2) is 0 Å². The number of hydrogen-bond donors (Lipinski definition) is 2. The van der Waals surface area contributed by atoms with E-state index in [0.717, 1.165) is 6.54 Å². The number of allylic oxidation sites excluding steroid dienone is 1. The Morgan fingerprint density at radius 3 is 2.43 bits per heavy atom. The highest BCUT2D eigenvalue weighted by molar-refractivity contribution is 4.83. The van der Waals surface area contributed by atoms with E-state index in [0.29, 0.717) is 0 Å². The molecule has 0 atom stereocenters. The minimum atomic E-state index is 0. The van der Waals surface area contributed by atoms with Gasteiger partial charge in [0.2, 0.25) is 0 Å². The van der Waals surface area contributed by atoms with Gasteiger partial charge >= 0.3 is 0 Å². The van der Waals surface area contributed by atoms with Crippen LogP contribution in [0.4, 0.5) is 0 Å². The summed E-state index contributed by atoms with van der Waals surface area (Å²) in [6, 6.07) is 0. The SMILES string of the molecule is C1=CNCCC1.N. The average Bonchev–Trinajstić information content (AvgIpc) is 1.72. The van der Waals surface area contributed by atoms with E-state index >= 15 is 0 Å². The van der Waals surface area contributed by atoms with Gasteiger partial charge in [0.05, 0.1) is 0 Å². The maximum Gasteiger partial charge on any atom is 0.0144 e. The molecule has 1 aliphatic heterocycles. The first kappa shape index (κ1) is 6.50. The lowest BCUT2D eigenvalue weighted by Crippen LogP contribution is -2.09. The molecular formula is C5H12N2. The quantitative estimate of drug-likeness (QED) is 0.478. The Hall–Kier alpha value is -0.500. The summed E-state index contributed by atoms with van der Waals surface area (Å²) in [5.41, 5.74) is 0. The highest BCUT2D eigenvalue weighted by atomic mass is 14.8. The van der Waals surface area contributed by atoms with Crippen molar-refractivity contribution in [2.45, 2.75) is 12.8 Å². The molecule has 1 heterocycles. The molecule has 0 aromatic rings. The minimum Gasteiger partial charge on any atom is -0.391 e. The normalized spacial score (nSPS) is 17.1. The predicted molar refractivity (Wildman–Crippen MR) is 31.4 cm³/mol. The fourth-order valence-corrected chi connectivity index (χ4v) is 0.572. The second kappa shape index (κ2) is 3.68. The molecule has 42 valence electrons. The molecule has 0 aliphatic carbocycles. The Morgan fingerprint density at radius 2 is 2.29 bits per heavy atom. The van der Waals surface area contributed by atoms with E-state index in [2.05, 4.69) is 11.4 Å². The van der Waals surface area contributed by atoms with Crippen molar-refractivity contribution in [1.29, 1.82) is 0 Å². The molecule has 0 fully saturated rings. The summed E-state index contributed by atoms with van der Waals surface area (Å²) in [5.74, 6) is 0. The molecule has 4 N–H and O–H groups in total. The molecule has 7 heavy (non-hydrogen) atoms. The van der Waals surface area contributed by atoms with Crippen molar-refractivity contribution in [1.82, 2.24) is 11.5 Å². The molecule has 2 nitrogen and oxygen atoms in total. The predicted octanol–water partition coefficient (Wildman–Crippen LogP) is 1.05. The topological polar surface area (TPSA) is 47.0 Å². The molecule has 1 rings (SSSR count). The molecule has 1 aliphatic rings. The van der Waals surface area contributed by atoms with Crippen LogP contribution in [0.5, 0.6) is 0 Å². The van der Waals surface area contributed by atoms with Crippen molar-refractivity contribution in [3.63, 3.8) is 0 Å². The molecule has 0 radical (unpaired) electrons. The molecule has 0 saturated heterocycles. The van der Waals surface area contributed by atoms with Crippen molar-refractivity contribution in [3.8, 4) is 0 Å². The zero-order chi connectivity index (χ0) is 4.24. The molecular weight excluding hydrogens is 88.1 g/mol. The van der Waals surface area contributed by atoms with E-state index in [-0.39, 0.29) is 6.15 Å². The van der Waals surface area contributed by atoms with Crippen molar-refractivity contribution >= 4 is 0 Å². The second-order valence-electron chi connectivity index (χ2n) is 1.50. The molecule has 0 saturated carbocycles. The van der Waals surface area contributed by atoms with Crippen LogP contribution in [-0.4, -0.2) is 6.54 Å². The zero-order valence-corrected chi connectivity index (χ0v) is 4.48. The maximum absolute atomic E-state index is 3.10. The second-order valence-corrected chi connectivity index (χ2v) is 1.50. The standard InChI is InChI=1S/C5H9N.H3N/c1-2-4-6-5-3-1;/h2,4,6H,1,3,5H2;1H3. The van der Waals surface area contributed by atoms with Crippen LogP contribution in [0.2, 0.25) is 0 Å². The smallest absolute Gasteiger partial charge is 0.0144 e. The molecule has 0 aromatic heterocycles. The van der Waals surface area contributed by atoms with Crippen LogP contribution < -0.4 is 11.5 Å². The molecule has 2 heteroatoms. The van der Waals surface area contributed by atoms with Crippen molar-refractivity contribution in [2.75, 3.05) is 6.54 Å². The average molecular weight is 100 g/mol. The summed E-state index contributed by atoms with van der Waals surface area (Å²) in [6.45, 7) is 1.16. The molecule has 0 aromatic carbocycles. The lowest BCUT2D eigenvalue weighted by atomic mass is 10.2. The summed E-state index contributed by atoms with van der Waals surface area (Å²) in [6.07, 6.45) is 6.73. The molecule has 0 spiro atoms. The van der Waals surface area contributed by atoms with Crippen molar-refractivity contribution < 1.29 is 0 Å². The lowest BCUT2D eigenvalue weighted by Gasteiger charge is -2.02. The van der Waals surface area contributed by atoms with Gasteiger partial charge in [0.15, 0.2) is 0 Å². The monoisotopic (exact) mass is 100 g/mol.